The van der Waals surface area contributed by atoms with Crippen LogP contribution in [0, 0.1) is 11.3 Å². The Morgan fingerprint density at radius 3 is 1.61 bits per heavy atom. The zero-order chi connectivity index (χ0) is 21.5. The molecule has 0 aliphatic heterocycles. The molecule has 0 saturated heterocycles. The highest BCUT2D eigenvalue weighted by Gasteiger charge is 2.49. The number of para-hydroxylation sites is 1. The van der Waals surface area contributed by atoms with E-state index < -0.39 is 0 Å². The Morgan fingerprint density at radius 1 is 0.645 bits per heavy atom. The van der Waals surface area contributed by atoms with Gasteiger partial charge < -0.3 is 4.57 Å². The third-order valence-corrected chi connectivity index (χ3v) is 7.40. The average Bonchev–Trinajstić information content (AvgIpc) is 3.33. The summed E-state index contributed by atoms with van der Waals surface area (Å²) >= 11 is 0. The molecule has 2 aliphatic carbocycles. The Balaban J connectivity index is 1.87. The van der Waals surface area contributed by atoms with Gasteiger partial charge in [-0.3, -0.25) is 0 Å². The van der Waals surface area contributed by atoms with E-state index in [1.54, 1.807) is 0 Å². The van der Waals surface area contributed by atoms with Gasteiger partial charge in [0.15, 0.2) is 0 Å². The quantitative estimate of drug-likeness (QED) is 0.339. The van der Waals surface area contributed by atoms with Gasteiger partial charge in [0.2, 0.25) is 0 Å². The minimum atomic E-state index is -0.109. The summed E-state index contributed by atoms with van der Waals surface area (Å²) in [5.74, 6) is 0. The highest BCUT2D eigenvalue weighted by molar-refractivity contribution is 5.93. The maximum atomic E-state index is 9.95. The van der Waals surface area contributed by atoms with Gasteiger partial charge in [-0.15, -0.1) is 0 Å². The molecule has 31 heavy (non-hydrogen) atoms. The first-order chi connectivity index (χ1) is 14.9. The summed E-state index contributed by atoms with van der Waals surface area (Å²) in [4.78, 5) is 0. The van der Waals surface area contributed by atoms with Crippen molar-refractivity contribution in [3.05, 3.63) is 101 Å². The van der Waals surface area contributed by atoms with Gasteiger partial charge in [0.05, 0.1) is 22.6 Å². The summed E-state index contributed by atoms with van der Waals surface area (Å²) in [7, 11) is 0. The van der Waals surface area contributed by atoms with Crippen LogP contribution in [-0.4, -0.2) is 4.57 Å². The van der Waals surface area contributed by atoms with E-state index in [1.807, 2.05) is 18.2 Å². The fourth-order valence-electron chi connectivity index (χ4n) is 6.04. The molecule has 2 heteroatoms. The first-order valence-electron chi connectivity index (χ1n) is 10.9. The second kappa shape index (κ2) is 5.77. The molecule has 0 saturated carbocycles. The molecule has 150 valence electrons. The van der Waals surface area contributed by atoms with Crippen molar-refractivity contribution in [1.82, 2.24) is 4.57 Å². The van der Waals surface area contributed by atoms with Crippen LogP contribution in [0.5, 0.6) is 0 Å². The van der Waals surface area contributed by atoms with Crippen molar-refractivity contribution in [1.29, 1.82) is 5.26 Å². The second-order valence-corrected chi connectivity index (χ2v) is 9.75. The summed E-state index contributed by atoms with van der Waals surface area (Å²) in [5.41, 5.74) is 12.0. The molecule has 3 aromatic carbocycles. The summed E-state index contributed by atoms with van der Waals surface area (Å²) in [6, 6.07) is 28.0. The molecule has 0 fully saturated rings. The summed E-state index contributed by atoms with van der Waals surface area (Å²) in [6.45, 7) is 9.38. The smallest absolute Gasteiger partial charge is 0.101 e. The largest absolute Gasteiger partial charge is 0.307 e. The van der Waals surface area contributed by atoms with Gasteiger partial charge in [-0.25, -0.2) is 0 Å². The lowest BCUT2D eigenvalue weighted by Gasteiger charge is -2.28. The molecule has 6 rings (SSSR count). The Morgan fingerprint density at radius 2 is 1.10 bits per heavy atom. The molecule has 0 radical (unpaired) electrons. The van der Waals surface area contributed by atoms with E-state index in [-0.39, 0.29) is 10.8 Å². The molecule has 1 heterocycles. The van der Waals surface area contributed by atoms with Gasteiger partial charge >= 0.3 is 0 Å². The van der Waals surface area contributed by atoms with Crippen molar-refractivity contribution < 1.29 is 0 Å². The molecule has 0 spiro atoms. The number of rotatable bonds is 1. The van der Waals surface area contributed by atoms with Gasteiger partial charge in [0.1, 0.15) is 6.07 Å². The SMILES string of the molecule is CC1(C)c2ccccc2-c2c1c1c(n2-c2ccccc2C#N)-c2ccccc2C1(C)C. The summed E-state index contributed by atoms with van der Waals surface area (Å²) < 4.78 is 2.38. The molecule has 2 nitrogen and oxygen atoms in total. The van der Waals surface area contributed by atoms with E-state index in [2.05, 4.69) is 92.9 Å². The van der Waals surface area contributed by atoms with Crippen LogP contribution in [0.3, 0.4) is 0 Å². The van der Waals surface area contributed by atoms with Crippen LogP contribution < -0.4 is 0 Å². The molecule has 0 bridgehead atoms. The van der Waals surface area contributed by atoms with Crippen molar-refractivity contribution in [3.8, 4) is 34.3 Å². The molecule has 0 N–H and O–H groups in total. The molecule has 1 aromatic heterocycles. The normalized spacial score (nSPS) is 16.2. The van der Waals surface area contributed by atoms with Crippen LogP contribution in [-0.2, 0) is 10.8 Å². The highest BCUT2D eigenvalue weighted by Crippen LogP contribution is 2.61. The maximum absolute atomic E-state index is 9.95. The molecular weight excluding hydrogens is 376 g/mol. The van der Waals surface area contributed by atoms with Crippen LogP contribution >= 0.6 is 0 Å². The Kier molecular flexibility index (Phi) is 3.39. The topological polar surface area (TPSA) is 28.7 Å². The van der Waals surface area contributed by atoms with Crippen molar-refractivity contribution in [2.75, 3.05) is 0 Å². The number of benzene rings is 3. The van der Waals surface area contributed by atoms with Crippen molar-refractivity contribution in [2.24, 2.45) is 0 Å². The minimum Gasteiger partial charge on any atom is -0.307 e. The number of aromatic nitrogens is 1. The monoisotopic (exact) mass is 400 g/mol. The lowest BCUT2D eigenvalue weighted by atomic mass is 9.74. The molecule has 0 unspecified atom stereocenters. The van der Waals surface area contributed by atoms with Gasteiger partial charge in [-0.05, 0) is 34.4 Å². The van der Waals surface area contributed by atoms with Crippen LogP contribution in [0.25, 0.3) is 28.2 Å². The van der Waals surface area contributed by atoms with E-state index >= 15 is 0 Å². The summed E-state index contributed by atoms with van der Waals surface area (Å²) in [5, 5.41) is 9.95. The number of nitrogens with zero attached hydrogens (tertiary/aromatic N) is 2. The lowest BCUT2D eigenvalue weighted by molar-refractivity contribution is 0.603. The van der Waals surface area contributed by atoms with E-state index in [9.17, 15) is 5.26 Å². The third-order valence-electron chi connectivity index (χ3n) is 7.40. The predicted molar refractivity (Wildman–Crippen MR) is 126 cm³/mol. The first-order valence-corrected chi connectivity index (χ1v) is 10.9. The van der Waals surface area contributed by atoms with Crippen LogP contribution in [0.4, 0.5) is 0 Å². The molecule has 0 atom stereocenters. The Hall–Kier alpha value is -3.57. The fourth-order valence-corrected chi connectivity index (χ4v) is 6.04. The number of fused-ring (bicyclic) bond motifs is 7. The van der Waals surface area contributed by atoms with E-state index in [0.29, 0.717) is 5.56 Å². The Bertz CT molecular complexity index is 1360. The van der Waals surface area contributed by atoms with Crippen LogP contribution in [0.15, 0.2) is 72.8 Å². The van der Waals surface area contributed by atoms with Crippen LogP contribution in [0.2, 0.25) is 0 Å². The molecule has 4 aromatic rings. The standard InChI is InChI=1S/C29H24N2/c1-28(2)21-14-8-6-12-19(21)26-24(28)25-27(20-13-7-9-15-22(20)29(25,3)4)31(26)23-16-10-5-11-18(23)17-30/h5-16H,1-4H3. The van der Waals surface area contributed by atoms with Crippen molar-refractivity contribution in [2.45, 2.75) is 38.5 Å². The number of nitriles is 1. The van der Waals surface area contributed by atoms with E-state index in [4.69, 9.17) is 0 Å². The van der Waals surface area contributed by atoms with Gasteiger partial charge in [0.25, 0.3) is 0 Å². The number of hydrogen-bond donors (Lipinski definition) is 0. The molecular formula is C29H24N2. The predicted octanol–water partition coefficient (Wildman–Crippen LogP) is 6.96. The van der Waals surface area contributed by atoms with Crippen molar-refractivity contribution in [3.63, 3.8) is 0 Å². The highest BCUT2D eigenvalue weighted by atomic mass is 15.0. The average molecular weight is 401 g/mol. The zero-order valence-electron chi connectivity index (χ0n) is 18.3. The first kappa shape index (κ1) is 18.2. The van der Waals surface area contributed by atoms with Crippen molar-refractivity contribution >= 4 is 0 Å². The second-order valence-electron chi connectivity index (χ2n) is 9.75. The van der Waals surface area contributed by atoms with E-state index in [1.165, 1.54) is 44.8 Å². The zero-order valence-corrected chi connectivity index (χ0v) is 18.3. The fraction of sp³-hybridized carbons (Fsp3) is 0.207. The lowest BCUT2D eigenvalue weighted by Crippen LogP contribution is -2.23. The van der Waals surface area contributed by atoms with Gasteiger partial charge in [-0.2, -0.15) is 5.26 Å². The maximum Gasteiger partial charge on any atom is 0.101 e. The Labute approximate surface area is 183 Å². The third kappa shape index (κ3) is 2.06. The van der Waals surface area contributed by atoms with Gasteiger partial charge in [-0.1, -0.05) is 88.4 Å². The van der Waals surface area contributed by atoms with Gasteiger partial charge in [0, 0.05) is 22.0 Å². The molecule has 0 amide bonds. The van der Waals surface area contributed by atoms with Crippen LogP contribution in [0.1, 0.15) is 55.5 Å². The number of hydrogen-bond acceptors (Lipinski definition) is 1. The molecule has 2 aliphatic rings. The summed E-state index contributed by atoms with van der Waals surface area (Å²) in [6.07, 6.45) is 0. The van der Waals surface area contributed by atoms with E-state index in [0.717, 1.165) is 5.69 Å². The minimum absolute atomic E-state index is 0.109.